The van der Waals surface area contributed by atoms with Crippen molar-refractivity contribution >= 4 is 5.91 Å². The Labute approximate surface area is 186 Å². The molecular formula is C26H25F2N3O. The smallest absolute Gasteiger partial charge is 0.272 e. The molecule has 2 saturated heterocycles. The van der Waals surface area contributed by atoms with Crippen molar-refractivity contribution < 1.29 is 13.6 Å². The first kappa shape index (κ1) is 20.8. The van der Waals surface area contributed by atoms with Gasteiger partial charge in [0, 0.05) is 50.3 Å². The molecule has 1 amide bonds. The van der Waals surface area contributed by atoms with Crippen LogP contribution in [0.5, 0.6) is 0 Å². The van der Waals surface area contributed by atoms with Crippen LogP contribution in [0, 0.1) is 17.6 Å². The normalized spacial score (nSPS) is 23.2. The molecule has 0 N–H and O–H groups in total. The Morgan fingerprint density at radius 3 is 2.56 bits per heavy atom. The van der Waals surface area contributed by atoms with Gasteiger partial charge in [0.1, 0.15) is 17.3 Å². The first-order valence-electron chi connectivity index (χ1n) is 11.0. The molecule has 0 saturated carbocycles. The summed E-state index contributed by atoms with van der Waals surface area (Å²) >= 11 is 0. The van der Waals surface area contributed by atoms with E-state index in [1.165, 1.54) is 18.2 Å². The van der Waals surface area contributed by atoms with E-state index in [4.69, 9.17) is 0 Å². The number of amides is 1. The molecular weight excluding hydrogens is 408 g/mol. The Morgan fingerprint density at radius 1 is 0.969 bits per heavy atom. The molecule has 3 aromatic rings. The lowest BCUT2D eigenvalue weighted by atomic mass is 9.81. The molecule has 2 fully saturated rings. The van der Waals surface area contributed by atoms with E-state index in [0.29, 0.717) is 18.8 Å². The maximum atomic E-state index is 13.7. The molecule has 0 unspecified atom stereocenters. The summed E-state index contributed by atoms with van der Waals surface area (Å²) in [5.41, 5.74) is 2.44. The molecule has 1 aromatic heterocycles. The van der Waals surface area contributed by atoms with Gasteiger partial charge in [-0.25, -0.2) is 8.78 Å². The number of nitrogens with zero attached hydrogens (tertiary/aromatic N) is 3. The minimum atomic E-state index is -0.263. The van der Waals surface area contributed by atoms with E-state index in [1.54, 1.807) is 30.5 Å². The summed E-state index contributed by atoms with van der Waals surface area (Å²) in [5.74, 6) is -0.210. The van der Waals surface area contributed by atoms with Gasteiger partial charge in [0.25, 0.3) is 5.91 Å². The predicted octanol–water partition coefficient (Wildman–Crippen LogP) is 4.49. The maximum Gasteiger partial charge on any atom is 0.272 e. The predicted molar refractivity (Wildman–Crippen MR) is 118 cm³/mol. The van der Waals surface area contributed by atoms with Crippen LogP contribution in [-0.2, 0) is 6.54 Å². The number of halogens is 2. The third-order valence-electron chi connectivity index (χ3n) is 6.75. The molecule has 0 bridgehead atoms. The van der Waals surface area contributed by atoms with Gasteiger partial charge in [-0.3, -0.25) is 14.7 Å². The Hall–Kier alpha value is -3.12. The van der Waals surface area contributed by atoms with E-state index in [0.717, 1.165) is 30.6 Å². The zero-order chi connectivity index (χ0) is 22.1. The van der Waals surface area contributed by atoms with E-state index in [1.807, 2.05) is 29.2 Å². The molecule has 2 aliphatic heterocycles. The fourth-order valence-electron chi connectivity index (χ4n) is 5.27. The van der Waals surface area contributed by atoms with E-state index in [-0.39, 0.29) is 35.4 Å². The molecule has 6 heteroatoms. The summed E-state index contributed by atoms with van der Waals surface area (Å²) in [7, 11) is 0. The van der Waals surface area contributed by atoms with Gasteiger partial charge in [0.15, 0.2) is 0 Å². The largest absolute Gasteiger partial charge is 0.333 e. The zero-order valence-corrected chi connectivity index (χ0v) is 17.7. The standard InChI is InChI=1S/C26H25F2N3O/c27-20-9-7-19(8-10-20)22-17-31(26(32)24-6-1-2-12-29-24)25-11-13-30(16-23(22)25)15-18-4-3-5-21(28)14-18/h1-10,12,14,22-23,25H,11,13,15-17H2/t22-,23-,25-/m0/s1. The molecule has 0 spiro atoms. The third kappa shape index (κ3) is 4.15. The molecule has 3 heterocycles. The number of likely N-dealkylation sites (tertiary alicyclic amines) is 2. The second-order valence-corrected chi connectivity index (χ2v) is 8.72. The van der Waals surface area contributed by atoms with Crippen LogP contribution < -0.4 is 0 Å². The minimum Gasteiger partial charge on any atom is -0.333 e. The summed E-state index contributed by atoms with van der Waals surface area (Å²) in [4.78, 5) is 21.8. The van der Waals surface area contributed by atoms with Crippen LogP contribution in [0.4, 0.5) is 8.78 Å². The van der Waals surface area contributed by atoms with Crippen molar-refractivity contribution in [3.8, 4) is 0 Å². The van der Waals surface area contributed by atoms with Gasteiger partial charge >= 0.3 is 0 Å². The molecule has 164 valence electrons. The first-order valence-corrected chi connectivity index (χ1v) is 11.0. The van der Waals surface area contributed by atoms with Crippen molar-refractivity contribution in [2.24, 2.45) is 5.92 Å². The molecule has 3 atom stereocenters. The SMILES string of the molecule is O=C(c1ccccn1)N1C[C@@H](c2ccc(F)cc2)[C@@H]2CN(Cc3cccc(F)c3)CC[C@@H]21. The monoisotopic (exact) mass is 433 g/mol. The highest BCUT2D eigenvalue weighted by atomic mass is 19.1. The number of carbonyl (C=O) groups is 1. The fraction of sp³-hybridized carbons (Fsp3) is 0.308. The highest BCUT2D eigenvalue weighted by Gasteiger charge is 2.47. The Bertz CT molecular complexity index is 1090. The Balaban J connectivity index is 1.41. The molecule has 32 heavy (non-hydrogen) atoms. The van der Waals surface area contributed by atoms with Gasteiger partial charge in [0.05, 0.1) is 0 Å². The van der Waals surface area contributed by atoms with E-state index in [9.17, 15) is 13.6 Å². The second kappa shape index (κ2) is 8.79. The summed E-state index contributed by atoms with van der Waals surface area (Å²) in [5, 5.41) is 0. The van der Waals surface area contributed by atoms with Gasteiger partial charge in [-0.1, -0.05) is 30.3 Å². The number of piperidine rings is 1. The van der Waals surface area contributed by atoms with Gasteiger partial charge in [-0.15, -0.1) is 0 Å². The summed E-state index contributed by atoms with van der Waals surface area (Å²) in [6.07, 6.45) is 2.48. The van der Waals surface area contributed by atoms with E-state index in [2.05, 4.69) is 9.88 Å². The fourth-order valence-corrected chi connectivity index (χ4v) is 5.27. The Kier molecular flexibility index (Phi) is 5.70. The third-order valence-corrected chi connectivity index (χ3v) is 6.75. The van der Waals surface area contributed by atoms with Crippen LogP contribution in [0.15, 0.2) is 72.9 Å². The van der Waals surface area contributed by atoms with Crippen LogP contribution >= 0.6 is 0 Å². The van der Waals surface area contributed by atoms with Crippen LogP contribution in [-0.4, -0.2) is 46.4 Å². The minimum absolute atomic E-state index is 0.0520. The number of fused-ring (bicyclic) bond motifs is 1. The molecule has 4 nitrogen and oxygen atoms in total. The summed E-state index contributed by atoms with van der Waals surface area (Å²) in [6, 6.07) is 18.8. The number of benzene rings is 2. The van der Waals surface area contributed by atoms with Gasteiger partial charge in [0.2, 0.25) is 0 Å². The lowest BCUT2D eigenvalue weighted by Crippen LogP contribution is -2.47. The molecule has 5 rings (SSSR count). The average molecular weight is 434 g/mol. The van der Waals surface area contributed by atoms with Crippen molar-refractivity contribution in [2.75, 3.05) is 19.6 Å². The number of carbonyl (C=O) groups excluding carboxylic acids is 1. The molecule has 2 aliphatic rings. The number of aromatic nitrogens is 1. The lowest BCUT2D eigenvalue weighted by molar-refractivity contribution is 0.0608. The molecule has 2 aromatic carbocycles. The number of rotatable bonds is 4. The van der Waals surface area contributed by atoms with Crippen molar-refractivity contribution in [2.45, 2.75) is 24.9 Å². The highest BCUT2D eigenvalue weighted by molar-refractivity contribution is 5.92. The topological polar surface area (TPSA) is 36.4 Å². The van der Waals surface area contributed by atoms with E-state index >= 15 is 0 Å². The van der Waals surface area contributed by atoms with Crippen LogP contribution in [0.25, 0.3) is 0 Å². The highest BCUT2D eigenvalue weighted by Crippen LogP contribution is 2.42. The van der Waals surface area contributed by atoms with Crippen LogP contribution in [0.1, 0.15) is 34.0 Å². The van der Waals surface area contributed by atoms with Crippen molar-refractivity contribution in [3.05, 3.63) is 101 Å². The summed E-state index contributed by atoms with van der Waals surface area (Å²) < 4.78 is 27.2. The first-order chi connectivity index (χ1) is 15.6. The summed E-state index contributed by atoms with van der Waals surface area (Å²) in [6.45, 7) is 2.89. The average Bonchev–Trinajstić information content (AvgIpc) is 3.18. The van der Waals surface area contributed by atoms with Crippen LogP contribution in [0.3, 0.4) is 0 Å². The number of pyridine rings is 1. The quantitative estimate of drug-likeness (QED) is 0.608. The van der Waals surface area contributed by atoms with E-state index < -0.39 is 0 Å². The maximum absolute atomic E-state index is 13.7. The zero-order valence-electron chi connectivity index (χ0n) is 17.7. The van der Waals surface area contributed by atoms with Crippen molar-refractivity contribution in [1.82, 2.24) is 14.8 Å². The van der Waals surface area contributed by atoms with Gasteiger partial charge < -0.3 is 4.90 Å². The van der Waals surface area contributed by atoms with Crippen molar-refractivity contribution in [1.29, 1.82) is 0 Å². The number of hydrogen-bond acceptors (Lipinski definition) is 3. The van der Waals surface area contributed by atoms with Crippen LogP contribution in [0.2, 0.25) is 0 Å². The lowest BCUT2D eigenvalue weighted by Gasteiger charge is -2.39. The van der Waals surface area contributed by atoms with Gasteiger partial charge in [-0.2, -0.15) is 0 Å². The Morgan fingerprint density at radius 2 is 1.81 bits per heavy atom. The van der Waals surface area contributed by atoms with Gasteiger partial charge in [-0.05, 0) is 53.9 Å². The number of hydrogen-bond donors (Lipinski definition) is 0. The second-order valence-electron chi connectivity index (χ2n) is 8.72. The van der Waals surface area contributed by atoms with Crippen molar-refractivity contribution in [3.63, 3.8) is 0 Å². The molecule has 0 aliphatic carbocycles. The molecule has 0 radical (unpaired) electrons.